The SMILES string of the molecule is C=C(C)C(=O)OCC1CO1.C=C(Cl)Cl.C=COC(C)=O.[CH2]CC(C)(O)O. The number of aliphatic hydroxyl groups is 2. The van der Waals surface area contributed by atoms with Crippen molar-refractivity contribution in [3.05, 3.63) is 43.0 Å². The first kappa shape index (κ1) is 29.4. The molecule has 0 saturated carbocycles. The highest BCUT2D eigenvalue weighted by atomic mass is 35.5. The molecule has 0 aliphatic carbocycles. The van der Waals surface area contributed by atoms with E-state index >= 15 is 0 Å². The summed E-state index contributed by atoms with van der Waals surface area (Å²) in [5.41, 5.74) is 0.431. The van der Waals surface area contributed by atoms with E-state index in [0.29, 0.717) is 18.8 Å². The number of carbonyl (C=O) groups excluding carboxylic acids is 2. The first-order valence-electron chi connectivity index (χ1n) is 7.23. The highest BCUT2D eigenvalue weighted by molar-refractivity contribution is 6.55. The lowest BCUT2D eigenvalue weighted by Gasteiger charge is -2.10. The average Bonchev–Trinajstić information content (AvgIpc) is 3.28. The minimum atomic E-state index is -1.57. The molecule has 1 radical (unpaired) electrons. The van der Waals surface area contributed by atoms with Crippen LogP contribution in [-0.4, -0.2) is 47.3 Å². The summed E-state index contributed by atoms with van der Waals surface area (Å²) < 4.78 is 13.9. The molecular formula is C17H27Cl2O7. The first-order chi connectivity index (χ1) is 11.8. The van der Waals surface area contributed by atoms with Gasteiger partial charge in [0.15, 0.2) is 5.79 Å². The van der Waals surface area contributed by atoms with Gasteiger partial charge in [-0.25, -0.2) is 4.79 Å². The van der Waals surface area contributed by atoms with Gasteiger partial charge in [0, 0.05) is 18.9 Å². The summed E-state index contributed by atoms with van der Waals surface area (Å²) in [6.45, 7) is 18.3. The van der Waals surface area contributed by atoms with E-state index in [0.717, 1.165) is 6.26 Å². The average molecular weight is 414 g/mol. The molecule has 0 aromatic rings. The molecule has 1 heterocycles. The molecule has 26 heavy (non-hydrogen) atoms. The number of hydrogen-bond acceptors (Lipinski definition) is 7. The van der Waals surface area contributed by atoms with Crippen LogP contribution < -0.4 is 0 Å². The van der Waals surface area contributed by atoms with Crippen molar-refractivity contribution in [2.24, 2.45) is 0 Å². The predicted molar refractivity (Wildman–Crippen MR) is 101 cm³/mol. The minimum Gasteiger partial charge on any atom is -0.459 e. The Morgan fingerprint density at radius 2 is 1.69 bits per heavy atom. The van der Waals surface area contributed by atoms with Crippen LogP contribution in [0.5, 0.6) is 0 Å². The molecule has 1 atom stereocenters. The van der Waals surface area contributed by atoms with E-state index < -0.39 is 5.79 Å². The second-order valence-electron chi connectivity index (χ2n) is 4.92. The molecular weight excluding hydrogens is 387 g/mol. The largest absolute Gasteiger partial charge is 0.459 e. The first-order valence-corrected chi connectivity index (χ1v) is 7.98. The predicted octanol–water partition coefficient (Wildman–Crippen LogP) is 3.04. The molecule has 0 bridgehead atoms. The normalized spacial score (nSPS) is 13.8. The molecule has 0 aromatic heterocycles. The van der Waals surface area contributed by atoms with E-state index in [-0.39, 0.29) is 29.0 Å². The second-order valence-corrected chi connectivity index (χ2v) is 6.02. The molecule has 1 aliphatic heterocycles. The zero-order valence-corrected chi connectivity index (χ0v) is 16.8. The van der Waals surface area contributed by atoms with E-state index in [2.05, 4.69) is 31.4 Å². The molecule has 0 spiro atoms. The molecule has 0 aromatic carbocycles. The van der Waals surface area contributed by atoms with Crippen molar-refractivity contribution in [1.82, 2.24) is 0 Å². The summed E-state index contributed by atoms with van der Waals surface area (Å²) in [5.74, 6) is -2.24. The number of halogens is 2. The van der Waals surface area contributed by atoms with Crippen LogP contribution in [0.1, 0.15) is 27.2 Å². The van der Waals surface area contributed by atoms with Gasteiger partial charge in [-0.2, -0.15) is 0 Å². The van der Waals surface area contributed by atoms with Gasteiger partial charge in [0.05, 0.1) is 17.4 Å². The Morgan fingerprint density at radius 1 is 1.31 bits per heavy atom. The second kappa shape index (κ2) is 17.1. The molecule has 1 aliphatic rings. The van der Waals surface area contributed by atoms with Crippen molar-refractivity contribution < 1.29 is 34.0 Å². The number of esters is 2. The van der Waals surface area contributed by atoms with Crippen LogP contribution in [0, 0.1) is 6.92 Å². The topological polar surface area (TPSA) is 106 Å². The molecule has 9 heteroatoms. The Hall–Kier alpha value is -1.38. The van der Waals surface area contributed by atoms with Crippen molar-refractivity contribution in [3.63, 3.8) is 0 Å². The fourth-order valence-corrected chi connectivity index (χ4v) is 0.573. The van der Waals surface area contributed by atoms with Gasteiger partial charge in [0.25, 0.3) is 0 Å². The Labute approximate surface area is 164 Å². The third-order valence-electron chi connectivity index (χ3n) is 1.87. The van der Waals surface area contributed by atoms with Gasteiger partial charge in [-0.15, -0.1) is 0 Å². The van der Waals surface area contributed by atoms with Crippen LogP contribution in [0.25, 0.3) is 0 Å². The number of epoxide rings is 1. The zero-order chi connectivity index (χ0) is 21.3. The maximum absolute atomic E-state index is 10.7. The third kappa shape index (κ3) is 38.3. The van der Waals surface area contributed by atoms with Crippen LogP contribution in [0.15, 0.2) is 36.1 Å². The van der Waals surface area contributed by atoms with Crippen LogP contribution in [0.2, 0.25) is 0 Å². The zero-order valence-electron chi connectivity index (χ0n) is 15.3. The van der Waals surface area contributed by atoms with Gasteiger partial charge in [-0.05, 0) is 20.8 Å². The van der Waals surface area contributed by atoms with Crippen molar-refractivity contribution >= 4 is 35.1 Å². The Bertz CT molecular complexity index is 449. The minimum absolute atomic E-state index is 0.111. The summed E-state index contributed by atoms with van der Waals surface area (Å²) >= 11 is 9.69. The van der Waals surface area contributed by atoms with E-state index in [4.69, 9.17) is 42.9 Å². The van der Waals surface area contributed by atoms with E-state index in [1.807, 2.05) is 0 Å². The molecule has 0 amide bonds. The van der Waals surface area contributed by atoms with Crippen LogP contribution >= 0.6 is 23.2 Å². The third-order valence-corrected chi connectivity index (χ3v) is 1.87. The summed E-state index contributed by atoms with van der Waals surface area (Å²) in [4.78, 5) is 20.4. The quantitative estimate of drug-likeness (QED) is 0.234. The molecule has 1 unspecified atom stereocenters. The van der Waals surface area contributed by atoms with E-state index in [1.54, 1.807) is 6.92 Å². The van der Waals surface area contributed by atoms with Crippen LogP contribution in [-0.2, 0) is 23.8 Å². The highest BCUT2D eigenvalue weighted by Gasteiger charge is 2.24. The van der Waals surface area contributed by atoms with Crippen LogP contribution in [0.4, 0.5) is 0 Å². The van der Waals surface area contributed by atoms with E-state index in [1.165, 1.54) is 13.8 Å². The van der Waals surface area contributed by atoms with Crippen molar-refractivity contribution in [2.45, 2.75) is 39.1 Å². The summed E-state index contributed by atoms with van der Waals surface area (Å²) in [6, 6.07) is 0. The van der Waals surface area contributed by atoms with Crippen LogP contribution in [0.3, 0.4) is 0 Å². The molecule has 1 fully saturated rings. The summed E-state index contributed by atoms with van der Waals surface area (Å²) in [6.07, 6.45) is 1.37. The summed E-state index contributed by atoms with van der Waals surface area (Å²) in [5, 5.41) is 16.6. The smallest absolute Gasteiger partial charge is 0.333 e. The van der Waals surface area contributed by atoms with Gasteiger partial charge >= 0.3 is 11.9 Å². The Morgan fingerprint density at radius 3 is 1.85 bits per heavy atom. The summed E-state index contributed by atoms with van der Waals surface area (Å²) in [7, 11) is 0. The van der Waals surface area contributed by atoms with E-state index in [9.17, 15) is 9.59 Å². The lowest BCUT2D eigenvalue weighted by atomic mass is 10.3. The van der Waals surface area contributed by atoms with Gasteiger partial charge in [-0.3, -0.25) is 4.79 Å². The van der Waals surface area contributed by atoms with Crippen molar-refractivity contribution in [1.29, 1.82) is 0 Å². The number of ether oxygens (including phenoxy) is 3. The van der Waals surface area contributed by atoms with Gasteiger partial charge in [-0.1, -0.05) is 42.9 Å². The van der Waals surface area contributed by atoms with Gasteiger partial charge < -0.3 is 24.4 Å². The highest BCUT2D eigenvalue weighted by Crippen LogP contribution is 2.09. The lowest BCUT2D eigenvalue weighted by Crippen LogP contribution is -2.20. The standard InChI is InChI=1S/C7H10O3.C4H6O2.C4H9O2.C2H2Cl2/c1-5(2)7(8)10-4-6-3-9-6;1-3-6-4(2)5;1-3-4(2,5)6;1-2(3)4/h6H,1,3-4H2,2H3;3H,1H2,2H3;5-6H,1,3H2,2H3;1H2. The fraction of sp³-hybridized carbons (Fsp3) is 0.471. The van der Waals surface area contributed by atoms with Crippen molar-refractivity contribution in [3.8, 4) is 0 Å². The van der Waals surface area contributed by atoms with Gasteiger partial charge in [0.1, 0.15) is 12.7 Å². The fourth-order valence-electron chi connectivity index (χ4n) is 0.573. The monoisotopic (exact) mass is 413 g/mol. The maximum Gasteiger partial charge on any atom is 0.333 e. The lowest BCUT2D eigenvalue weighted by molar-refractivity contribution is -0.141. The Kier molecular flexibility index (Phi) is 19.3. The number of rotatable bonds is 5. The number of hydrogen-bond donors (Lipinski definition) is 2. The number of carbonyl (C=O) groups is 2. The Balaban J connectivity index is -0.000000290. The molecule has 1 rings (SSSR count). The molecule has 7 nitrogen and oxygen atoms in total. The molecule has 1 saturated heterocycles. The molecule has 2 N–H and O–H groups in total. The van der Waals surface area contributed by atoms with Crippen molar-refractivity contribution in [2.75, 3.05) is 13.2 Å². The maximum atomic E-state index is 10.7. The molecule has 151 valence electrons. The van der Waals surface area contributed by atoms with Gasteiger partial charge in [0.2, 0.25) is 0 Å².